The van der Waals surface area contributed by atoms with Gasteiger partial charge in [0.25, 0.3) is 5.91 Å². The van der Waals surface area contributed by atoms with Crippen molar-refractivity contribution in [1.29, 1.82) is 0 Å². The van der Waals surface area contributed by atoms with Gasteiger partial charge in [0.2, 0.25) is 0 Å². The first-order valence-corrected chi connectivity index (χ1v) is 5.67. The third-order valence-electron chi connectivity index (χ3n) is 3.23. The van der Waals surface area contributed by atoms with Crippen LogP contribution in [0.1, 0.15) is 40.9 Å². The van der Waals surface area contributed by atoms with Gasteiger partial charge in [-0.05, 0) is 24.5 Å². The molecule has 1 aromatic rings. The van der Waals surface area contributed by atoms with Crippen molar-refractivity contribution in [2.75, 3.05) is 13.2 Å². The van der Waals surface area contributed by atoms with E-state index in [0.29, 0.717) is 0 Å². The Bertz CT molecular complexity index is 416. The monoisotopic (exact) mass is 221 g/mol. The molecule has 0 N–H and O–H groups in total. The number of benzene rings is 1. The Hall–Kier alpha value is -1.38. The summed E-state index contributed by atoms with van der Waals surface area (Å²) in [5.74, 6) is -0.0161. The molecule has 16 heavy (non-hydrogen) atoms. The molecule has 0 radical (unpaired) electrons. The molecule has 1 aliphatic heterocycles. The summed E-state index contributed by atoms with van der Waals surface area (Å²) in [6.45, 7) is 3.68. The number of nitrogens with zero attached hydrogens (tertiary/aromatic N) is 1. The van der Waals surface area contributed by atoms with E-state index in [4.69, 9.17) is 0 Å². The van der Waals surface area contributed by atoms with Crippen LogP contribution in [-0.2, 0) is 0 Å². The van der Waals surface area contributed by atoms with Gasteiger partial charge in [-0.3, -0.25) is 4.79 Å². The molecule has 86 valence electrons. The van der Waals surface area contributed by atoms with Gasteiger partial charge in [-0.25, -0.2) is 4.39 Å². The van der Waals surface area contributed by atoms with E-state index < -0.39 is 6.67 Å². The lowest BCUT2D eigenvalue weighted by Gasteiger charge is -2.22. The number of carbonyl (C=O) groups is 1. The van der Waals surface area contributed by atoms with E-state index in [1.165, 1.54) is 0 Å². The molecule has 2 rings (SSSR count). The Kier molecular flexibility index (Phi) is 2.95. The van der Waals surface area contributed by atoms with E-state index in [9.17, 15) is 9.18 Å². The van der Waals surface area contributed by atoms with Gasteiger partial charge < -0.3 is 4.90 Å². The smallest absolute Gasteiger partial charge is 0.255 e. The highest BCUT2D eigenvalue weighted by molar-refractivity contribution is 6.00. The van der Waals surface area contributed by atoms with Gasteiger partial charge in [0.05, 0.1) is 6.04 Å². The maximum atomic E-state index is 12.5. The standard InChI is InChI=1S/C13H16FNO/c1-3-11-10-6-4-5-9(2)12(10)13(16)15(11)8-7-14/h4-6,11H,3,7-8H2,1-2H3. The summed E-state index contributed by atoms with van der Waals surface area (Å²) in [4.78, 5) is 13.8. The molecule has 1 heterocycles. The van der Waals surface area contributed by atoms with Crippen molar-refractivity contribution in [2.45, 2.75) is 26.3 Å². The number of halogens is 1. The van der Waals surface area contributed by atoms with Gasteiger partial charge >= 0.3 is 0 Å². The second-order valence-corrected chi connectivity index (χ2v) is 4.15. The Morgan fingerprint density at radius 2 is 2.19 bits per heavy atom. The molecule has 1 aliphatic rings. The molecule has 0 aliphatic carbocycles. The highest BCUT2D eigenvalue weighted by atomic mass is 19.1. The Labute approximate surface area is 95.1 Å². The summed E-state index contributed by atoms with van der Waals surface area (Å²) in [6.07, 6.45) is 0.836. The first kappa shape index (κ1) is 11.1. The summed E-state index contributed by atoms with van der Waals surface area (Å²) >= 11 is 0. The predicted octanol–water partition coefficient (Wildman–Crippen LogP) is 2.87. The Balaban J connectivity index is 2.47. The van der Waals surface area contributed by atoms with Crippen molar-refractivity contribution in [3.05, 3.63) is 34.9 Å². The third kappa shape index (κ3) is 1.51. The largest absolute Gasteiger partial charge is 0.329 e. The summed E-state index contributed by atoms with van der Waals surface area (Å²) in [5.41, 5.74) is 2.83. The molecule has 1 unspecified atom stereocenters. The highest BCUT2D eigenvalue weighted by Crippen LogP contribution is 2.36. The van der Waals surface area contributed by atoms with Gasteiger partial charge in [-0.2, -0.15) is 0 Å². The lowest BCUT2D eigenvalue weighted by atomic mass is 9.99. The van der Waals surface area contributed by atoms with E-state index in [1.807, 2.05) is 32.0 Å². The van der Waals surface area contributed by atoms with Crippen LogP contribution in [-0.4, -0.2) is 24.0 Å². The minimum atomic E-state index is -0.477. The molecule has 0 aromatic heterocycles. The summed E-state index contributed by atoms with van der Waals surface area (Å²) in [7, 11) is 0. The molecular formula is C13H16FNO. The molecule has 1 atom stereocenters. The van der Waals surface area contributed by atoms with E-state index in [0.717, 1.165) is 23.1 Å². The number of alkyl halides is 1. The zero-order valence-corrected chi connectivity index (χ0v) is 9.66. The van der Waals surface area contributed by atoms with Crippen LogP contribution in [0.5, 0.6) is 0 Å². The van der Waals surface area contributed by atoms with Gasteiger partial charge in [0, 0.05) is 12.1 Å². The first-order chi connectivity index (χ1) is 7.70. The van der Waals surface area contributed by atoms with Crippen molar-refractivity contribution >= 4 is 5.91 Å². The van der Waals surface area contributed by atoms with Crippen molar-refractivity contribution in [3.63, 3.8) is 0 Å². The second kappa shape index (κ2) is 4.24. The van der Waals surface area contributed by atoms with Crippen LogP contribution >= 0.6 is 0 Å². The molecule has 0 saturated carbocycles. The molecule has 1 amide bonds. The van der Waals surface area contributed by atoms with Crippen molar-refractivity contribution < 1.29 is 9.18 Å². The van der Waals surface area contributed by atoms with Crippen LogP contribution in [0.2, 0.25) is 0 Å². The normalized spacial score (nSPS) is 19.1. The number of aryl methyl sites for hydroxylation is 1. The first-order valence-electron chi connectivity index (χ1n) is 5.67. The van der Waals surface area contributed by atoms with E-state index in [-0.39, 0.29) is 18.5 Å². The van der Waals surface area contributed by atoms with E-state index >= 15 is 0 Å². The van der Waals surface area contributed by atoms with Gasteiger partial charge in [0.15, 0.2) is 0 Å². The van der Waals surface area contributed by atoms with Crippen molar-refractivity contribution in [3.8, 4) is 0 Å². The van der Waals surface area contributed by atoms with Crippen molar-refractivity contribution in [1.82, 2.24) is 4.90 Å². The number of rotatable bonds is 3. The van der Waals surface area contributed by atoms with Crippen LogP contribution in [0, 0.1) is 6.92 Å². The Morgan fingerprint density at radius 3 is 2.81 bits per heavy atom. The fraction of sp³-hybridized carbons (Fsp3) is 0.462. The van der Waals surface area contributed by atoms with Gasteiger partial charge in [0.1, 0.15) is 6.67 Å². The minimum Gasteiger partial charge on any atom is -0.329 e. The molecule has 1 aromatic carbocycles. The van der Waals surface area contributed by atoms with Crippen LogP contribution in [0.15, 0.2) is 18.2 Å². The zero-order valence-electron chi connectivity index (χ0n) is 9.66. The topological polar surface area (TPSA) is 20.3 Å². The summed E-state index contributed by atoms with van der Waals surface area (Å²) in [5, 5.41) is 0. The van der Waals surface area contributed by atoms with Crippen molar-refractivity contribution in [2.24, 2.45) is 0 Å². The lowest BCUT2D eigenvalue weighted by Crippen LogP contribution is -2.30. The maximum Gasteiger partial charge on any atom is 0.255 e. The molecule has 0 fully saturated rings. The average molecular weight is 221 g/mol. The number of hydrogen-bond donors (Lipinski definition) is 0. The van der Waals surface area contributed by atoms with E-state index in [2.05, 4.69) is 0 Å². The molecule has 3 heteroatoms. The minimum absolute atomic E-state index is 0.0161. The fourth-order valence-electron chi connectivity index (χ4n) is 2.50. The quantitative estimate of drug-likeness (QED) is 0.768. The highest BCUT2D eigenvalue weighted by Gasteiger charge is 2.35. The second-order valence-electron chi connectivity index (χ2n) is 4.15. The summed E-state index contributed by atoms with van der Waals surface area (Å²) < 4.78 is 12.5. The fourth-order valence-corrected chi connectivity index (χ4v) is 2.50. The van der Waals surface area contributed by atoms with Crippen LogP contribution in [0.3, 0.4) is 0 Å². The number of fused-ring (bicyclic) bond motifs is 1. The molecule has 2 nitrogen and oxygen atoms in total. The lowest BCUT2D eigenvalue weighted by molar-refractivity contribution is 0.0707. The number of amides is 1. The van der Waals surface area contributed by atoms with Crippen LogP contribution < -0.4 is 0 Å². The average Bonchev–Trinajstić information content (AvgIpc) is 2.54. The number of hydrogen-bond acceptors (Lipinski definition) is 1. The molecule has 0 spiro atoms. The molecule has 0 bridgehead atoms. The zero-order chi connectivity index (χ0) is 11.7. The van der Waals surface area contributed by atoms with Crippen LogP contribution in [0.4, 0.5) is 4.39 Å². The SMILES string of the molecule is CCC1c2cccc(C)c2C(=O)N1CCF. The third-order valence-corrected chi connectivity index (χ3v) is 3.23. The number of carbonyl (C=O) groups excluding carboxylic acids is 1. The summed E-state index contributed by atoms with van der Waals surface area (Å²) in [6, 6.07) is 5.93. The van der Waals surface area contributed by atoms with Crippen LogP contribution in [0.25, 0.3) is 0 Å². The molecular weight excluding hydrogens is 205 g/mol. The van der Waals surface area contributed by atoms with Gasteiger partial charge in [-0.1, -0.05) is 25.1 Å². The maximum absolute atomic E-state index is 12.5. The van der Waals surface area contributed by atoms with Gasteiger partial charge in [-0.15, -0.1) is 0 Å². The van der Waals surface area contributed by atoms with E-state index in [1.54, 1.807) is 4.90 Å². The molecule has 0 saturated heterocycles. The predicted molar refractivity (Wildman–Crippen MR) is 61.2 cm³/mol. The Morgan fingerprint density at radius 1 is 1.44 bits per heavy atom.